The summed E-state index contributed by atoms with van der Waals surface area (Å²) in [5.74, 6) is 1.79. The summed E-state index contributed by atoms with van der Waals surface area (Å²) < 4.78 is 7.43. The molecule has 172 valence electrons. The molecule has 1 aliphatic carbocycles. The summed E-state index contributed by atoms with van der Waals surface area (Å²) in [7, 11) is 5.58. The fraction of sp³-hybridized carbons (Fsp3) is 0.583. The lowest BCUT2D eigenvalue weighted by molar-refractivity contribution is 0.403. The lowest BCUT2D eigenvalue weighted by atomic mass is 9.78. The van der Waals surface area contributed by atoms with Crippen LogP contribution in [0.25, 0.3) is 0 Å². The van der Waals surface area contributed by atoms with Crippen molar-refractivity contribution in [3.63, 3.8) is 0 Å². The number of hydrogen-bond acceptors (Lipinski definition) is 3. The van der Waals surface area contributed by atoms with E-state index in [4.69, 9.17) is 4.74 Å². The van der Waals surface area contributed by atoms with Gasteiger partial charge in [0.25, 0.3) is 0 Å². The molecule has 1 aromatic carbocycles. The van der Waals surface area contributed by atoms with Crippen LogP contribution in [0.15, 0.2) is 29.3 Å². The van der Waals surface area contributed by atoms with Gasteiger partial charge < -0.3 is 15.4 Å². The molecule has 0 spiro atoms. The fourth-order valence-electron chi connectivity index (χ4n) is 4.72. The Morgan fingerprint density at radius 2 is 2.00 bits per heavy atom. The molecule has 6 nitrogen and oxygen atoms in total. The number of nitrogens with one attached hydrogen (secondary N) is 2. The molecule has 1 atom stereocenters. The first-order valence-corrected chi connectivity index (χ1v) is 11.0. The molecule has 1 heterocycles. The van der Waals surface area contributed by atoms with Gasteiger partial charge in [-0.2, -0.15) is 5.10 Å². The van der Waals surface area contributed by atoms with Gasteiger partial charge in [-0.05, 0) is 63.3 Å². The van der Waals surface area contributed by atoms with Crippen LogP contribution in [0.2, 0.25) is 0 Å². The van der Waals surface area contributed by atoms with E-state index in [1.165, 1.54) is 42.5 Å². The first kappa shape index (κ1) is 25.5. The van der Waals surface area contributed by atoms with E-state index < -0.39 is 0 Å². The maximum Gasteiger partial charge on any atom is 0.191 e. The lowest BCUT2D eigenvalue weighted by Crippen LogP contribution is -2.47. The van der Waals surface area contributed by atoms with E-state index in [2.05, 4.69) is 59.7 Å². The average molecular weight is 540 g/mol. The number of guanidine groups is 1. The van der Waals surface area contributed by atoms with Gasteiger partial charge in [-0.3, -0.25) is 9.67 Å². The number of methoxy groups -OCH3 is 1. The number of aryl methyl sites for hydroxylation is 2. The summed E-state index contributed by atoms with van der Waals surface area (Å²) in [4.78, 5) is 4.49. The molecule has 0 bridgehead atoms. The minimum absolute atomic E-state index is 0. The Bertz CT molecular complexity index is 886. The predicted octanol–water partition coefficient (Wildman–Crippen LogP) is 4.27. The second-order valence-electron chi connectivity index (χ2n) is 8.67. The third-order valence-corrected chi connectivity index (χ3v) is 6.61. The van der Waals surface area contributed by atoms with Crippen molar-refractivity contribution < 1.29 is 4.74 Å². The molecular weight excluding hydrogens is 501 g/mol. The van der Waals surface area contributed by atoms with Crippen LogP contribution >= 0.6 is 24.0 Å². The summed E-state index contributed by atoms with van der Waals surface area (Å²) in [6.45, 7) is 7.29. The van der Waals surface area contributed by atoms with Crippen LogP contribution in [0.1, 0.15) is 55.1 Å². The van der Waals surface area contributed by atoms with Crippen LogP contribution in [0.3, 0.4) is 0 Å². The van der Waals surface area contributed by atoms with Crippen molar-refractivity contribution in [2.24, 2.45) is 12.0 Å². The molecule has 31 heavy (non-hydrogen) atoms. The maximum atomic E-state index is 5.47. The summed E-state index contributed by atoms with van der Waals surface area (Å²) in [6.07, 6.45) is 5.83. The minimum atomic E-state index is 0. The smallest absolute Gasteiger partial charge is 0.191 e. The normalized spacial score (nSPS) is 16.5. The van der Waals surface area contributed by atoms with Crippen LogP contribution in [0, 0.1) is 13.8 Å². The van der Waals surface area contributed by atoms with Crippen molar-refractivity contribution in [3.8, 4) is 5.75 Å². The molecule has 2 N–H and O–H groups in total. The Hall–Kier alpha value is -1.77. The molecule has 1 unspecified atom stereocenters. The highest BCUT2D eigenvalue weighted by atomic mass is 127. The Labute approximate surface area is 204 Å². The van der Waals surface area contributed by atoms with Crippen molar-refractivity contribution in [2.75, 3.05) is 20.7 Å². The molecule has 1 aromatic heterocycles. The third-order valence-electron chi connectivity index (χ3n) is 6.61. The number of ether oxygens (including phenoxy) is 1. The van der Waals surface area contributed by atoms with Gasteiger partial charge in [0.15, 0.2) is 5.96 Å². The number of nitrogens with zero attached hydrogens (tertiary/aromatic N) is 3. The van der Waals surface area contributed by atoms with Crippen molar-refractivity contribution in [3.05, 3.63) is 46.8 Å². The summed E-state index contributed by atoms with van der Waals surface area (Å²) in [5.41, 5.74) is 5.14. The van der Waals surface area contributed by atoms with E-state index >= 15 is 0 Å². The van der Waals surface area contributed by atoms with E-state index in [9.17, 15) is 0 Å². The summed E-state index contributed by atoms with van der Waals surface area (Å²) >= 11 is 0. The molecule has 3 rings (SSSR count). The second-order valence-corrected chi connectivity index (χ2v) is 8.67. The van der Waals surface area contributed by atoms with E-state index in [0.29, 0.717) is 0 Å². The topological polar surface area (TPSA) is 63.5 Å². The summed E-state index contributed by atoms with van der Waals surface area (Å²) in [6, 6.07) is 8.81. The first-order chi connectivity index (χ1) is 14.4. The standard InChI is InChI=1S/C24H37N5O.HI/c1-17(14-22-18(2)28-29(5)19(22)3)27-23(25-4)26-16-24(12-7-8-13-24)20-10-9-11-21(15-20)30-6;/h9-11,15,17H,7-8,12-14,16H2,1-6H3,(H2,25,26,27);1H. The van der Waals surface area contributed by atoms with Crippen LogP contribution < -0.4 is 15.4 Å². The number of rotatable bonds is 7. The van der Waals surface area contributed by atoms with Crippen LogP contribution in [-0.2, 0) is 18.9 Å². The largest absolute Gasteiger partial charge is 0.497 e. The van der Waals surface area contributed by atoms with Gasteiger partial charge in [0, 0.05) is 37.8 Å². The Balaban J connectivity index is 0.00000341. The molecule has 1 aliphatic rings. The highest BCUT2D eigenvalue weighted by molar-refractivity contribution is 14.0. The van der Waals surface area contributed by atoms with Crippen molar-refractivity contribution in [2.45, 2.75) is 64.3 Å². The molecule has 7 heteroatoms. The van der Waals surface area contributed by atoms with Gasteiger partial charge in [0.1, 0.15) is 5.75 Å². The Kier molecular flexibility index (Phi) is 9.21. The van der Waals surface area contributed by atoms with E-state index in [0.717, 1.165) is 30.4 Å². The van der Waals surface area contributed by atoms with Crippen LogP contribution in [0.4, 0.5) is 0 Å². The molecule has 1 fully saturated rings. The van der Waals surface area contributed by atoms with Crippen molar-refractivity contribution >= 4 is 29.9 Å². The number of aliphatic imine (C=N–C) groups is 1. The van der Waals surface area contributed by atoms with Gasteiger partial charge in [0.2, 0.25) is 0 Å². The second kappa shape index (κ2) is 11.2. The van der Waals surface area contributed by atoms with Crippen LogP contribution in [-0.4, -0.2) is 42.5 Å². The van der Waals surface area contributed by atoms with Gasteiger partial charge in [0.05, 0.1) is 12.8 Å². The Morgan fingerprint density at radius 3 is 2.58 bits per heavy atom. The van der Waals surface area contributed by atoms with Gasteiger partial charge in [-0.25, -0.2) is 0 Å². The van der Waals surface area contributed by atoms with E-state index in [1.54, 1.807) is 7.11 Å². The number of hydrogen-bond donors (Lipinski definition) is 2. The highest BCUT2D eigenvalue weighted by Crippen LogP contribution is 2.41. The lowest BCUT2D eigenvalue weighted by Gasteiger charge is -2.31. The molecule has 2 aromatic rings. The zero-order valence-electron chi connectivity index (χ0n) is 19.8. The molecule has 0 radical (unpaired) electrons. The monoisotopic (exact) mass is 539 g/mol. The zero-order valence-corrected chi connectivity index (χ0v) is 22.1. The minimum Gasteiger partial charge on any atom is -0.497 e. The third kappa shape index (κ3) is 5.93. The first-order valence-electron chi connectivity index (χ1n) is 11.0. The highest BCUT2D eigenvalue weighted by Gasteiger charge is 2.36. The zero-order chi connectivity index (χ0) is 21.7. The molecule has 0 aliphatic heterocycles. The van der Waals surface area contributed by atoms with Crippen molar-refractivity contribution in [1.82, 2.24) is 20.4 Å². The summed E-state index contributed by atoms with van der Waals surface area (Å²) in [5, 5.41) is 11.7. The molecule has 0 amide bonds. The Morgan fingerprint density at radius 1 is 1.29 bits per heavy atom. The van der Waals surface area contributed by atoms with Gasteiger partial charge >= 0.3 is 0 Å². The molecule has 1 saturated carbocycles. The van der Waals surface area contributed by atoms with Crippen molar-refractivity contribution in [1.29, 1.82) is 0 Å². The fourth-order valence-corrected chi connectivity index (χ4v) is 4.72. The van der Waals surface area contributed by atoms with E-state index in [-0.39, 0.29) is 35.4 Å². The molecule has 0 saturated heterocycles. The number of aromatic nitrogens is 2. The van der Waals surface area contributed by atoms with Gasteiger partial charge in [-0.1, -0.05) is 25.0 Å². The predicted molar refractivity (Wildman–Crippen MR) is 139 cm³/mol. The average Bonchev–Trinajstić information content (AvgIpc) is 3.32. The van der Waals surface area contributed by atoms with Crippen LogP contribution in [0.5, 0.6) is 5.75 Å². The van der Waals surface area contributed by atoms with E-state index in [1.807, 2.05) is 24.8 Å². The quantitative estimate of drug-likeness (QED) is 0.314. The van der Waals surface area contributed by atoms with Gasteiger partial charge in [-0.15, -0.1) is 24.0 Å². The number of benzene rings is 1. The maximum absolute atomic E-state index is 5.47. The SMILES string of the molecule is CN=C(NCC1(c2cccc(OC)c2)CCCC1)NC(C)Cc1c(C)nn(C)c1C.I. The molecular formula is C24H38IN5O. The number of halogens is 1.